The first-order valence-electron chi connectivity index (χ1n) is 6.33. The molecule has 0 saturated heterocycles. The van der Waals surface area contributed by atoms with Gasteiger partial charge in [0, 0.05) is 0 Å². The Hall–Kier alpha value is -2.34. The molecule has 106 valence electrons. The van der Waals surface area contributed by atoms with Crippen molar-refractivity contribution in [1.29, 1.82) is 0 Å². The summed E-state index contributed by atoms with van der Waals surface area (Å²) < 4.78 is 11.2. The molecule has 1 aromatic carbocycles. The lowest BCUT2D eigenvalue weighted by Gasteiger charge is -2.12. The lowest BCUT2D eigenvalue weighted by atomic mass is 10.3. The van der Waals surface area contributed by atoms with Gasteiger partial charge in [0.15, 0.2) is 0 Å². The zero-order chi connectivity index (χ0) is 14.4. The van der Waals surface area contributed by atoms with Crippen LogP contribution in [0.1, 0.15) is 11.4 Å². The summed E-state index contributed by atoms with van der Waals surface area (Å²) in [5.74, 6) is 7.90. The third kappa shape index (κ3) is 3.58. The Kier molecular flexibility index (Phi) is 4.73. The van der Waals surface area contributed by atoms with Crippen LogP contribution in [0.3, 0.4) is 0 Å². The second-order valence-electron chi connectivity index (χ2n) is 4.20. The summed E-state index contributed by atoms with van der Waals surface area (Å²) in [5, 5.41) is 0. The fraction of sp³-hybridized carbons (Fsp3) is 0.286. The van der Waals surface area contributed by atoms with Crippen molar-refractivity contribution in [1.82, 2.24) is 9.97 Å². The molecular weight excluding hydrogens is 256 g/mol. The van der Waals surface area contributed by atoms with Gasteiger partial charge in [-0.1, -0.05) is 18.2 Å². The number of ether oxygens (including phenoxy) is 2. The van der Waals surface area contributed by atoms with Crippen LogP contribution in [-0.4, -0.2) is 23.2 Å². The average Bonchev–Trinajstić information content (AvgIpc) is 2.47. The van der Waals surface area contributed by atoms with E-state index in [2.05, 4.69) is 15.4 Å². The number of anilines is 1. The zero-order valence-electron chi connectivity index (χ0n) is 11.6. The van der Waals surface area contributed by atoms with Crippen molar-refractivity contribution in [3.05, 3.63) is 41.7 Å². The number of para-hydroxylation sites is 1. The van der Waals surface area contributed by atoms with Crippen molar-refractivity contribution in [3.8, 4) is 11.6 Å². The van der Waals surface area contributed by atoms with Crippen LogP contribution in [0.5, 0.6) is 11.6 Å². The molecule has 6 heteroatoms. The lowest BCUT2D eigenvalue weighted by molar-refractivity contribution is 0.210. The van der Waals surface area contributed by atoms with Gasteiger partial charge in [0.1, 0.15) is 30.6 Å². The van der Waals surface area contributed by atoms with Crippen molar-refractivity contribution in [2.45, 2.75) is 13.8 Å². The third-order valence-electron chi connectivity index (χ3n) is 2.68. The summed E-state index contributed by atoms with van der Waals surface area (Å²) >= 11 is 0. The highest BCUT2D eigenvalue weighted by Crippen LogP contribution is 2.20. The molecule has 6 nitrogen and oxygen atoms in total. The van der Waals surface area contributed by atoms with Crippen LogP contribution in [0.4, 0.5) is 5.82 Å². The topological polar surface area (TPSA) is 82.3 Å². The molecule has 20 heavy (non-hydrogen) atoms. The molecule has 0 amide bonds. The monoisotopic (exact) mass is 274 g/mol. The van der Waals surface area contributed by atoms with Crippen LogP contribution in [-0.2, 0) is 0 Å². The van der Waals surface area contributed by atoms with Crippen molar-refractivity contribution >= 4 is 5.82 Å². The molecule has 0 unspecified atom stereocenters. The Morgan fingerprint density at radius 3 is 2.45 bits per heavy atom. The Bertz CT molecular complexity index is 561. The molecule has 2 aromatic rings. The molecule has 1 aromatic heterocycles. The number of nitrogen functional groups attached to an aromatic ring is 1. The molecule has 1 heterocycles. The van der Waals surface area contributed by atoms with Crippen LogP contribution >= 0.6 is 0 Å². The van der Waals surface area contributed by atoms with Gasteiger partial charge in [-0.15, -0.1) is 0 Å². The highest BCUT2D eigenvalue weighted by molar-refractivity contribution is 5.47. The van der Waals surface area contributed by atoms with Gasteiger partial charge in [-0.2, -0.15) is 4.98 Å². The number of hydrogen-bond acceptors (Lipinski definition) is 6. The number of hydrazine groups is 1. The Balaban J connectivity index is 1.90. The smallest absolute Gasteiger partial charge is 0.221 e. The van der Waals surface area contributed by atoms with Crippen molar-refractivity contribution in [2.75, 3.05) is 18.6 Å². The van der Waals surface area contributed by atoms with Crippen LogP contribution in [0.25, 0.3) is 0 Å². The molecule has 0 saturated carbocycles. The van der Waals surface area contributed by atoms with E-state index in [0.717, 1.165) is 11.3 Å². The summed E-state index contributed by atoms with van der Waals surface area (Å²) in [7, 11) is 0. The van der Waals surface area contributed by atoms with Gasteiger partial charge >= 0.3 is 0 Å². The molecule has 0 radical (unpaired) electrons. The Morgan fingerprint density at radius 1 is 1.05 bits per heavy atom. The molecule has 0 aliphatic carbocycles. The number of nitrogens with one attached hydrogen (secondary N) is 1. The minimum absolute atomic E-state index is 0.399. The number of benzene rings is 1. The fourth-order valence-corrected chi connectivity index (χ4v) is 1.70. The predicted molar refractivity (Wildman–Crippen MR) is 76.7 cm³/mol. The lowest BCUT2D eigenvalue weighted by Crippen LogP contribution is -2.15. The SMILES string of the molecule is Cc1nc(NN)c(C)c(OCCOc2ccccc2)n1. The van der Waals surface area contributed by atoms with Gasteiger partial charge in [0.2, 0.25) is 5.88 Å². The number of rotatable bonds is 6. The third-order valence-corrected chi connectivity index (χ3v) is 2.68. The van der Waals surface area contributed by atoms with E-state index in [1.165, 1.54) is 0 Å². The second kappa shape index (κ2) is 6.72. The van der Waals surface area contributed by atoms with Crippen LogP contribution < -0.4 is 20.7 Å². The highest BCUT2D eigenvalue weighted by atomic mass is 16.5. The van der Waals surface area contributed by atoms with Gasteiger partial charge in [-0.25, -0.2) is 10.8 Å². The second-order valence-corrected chi connectivity index (χ2v) is 4.20. The van der Waals surface area contributed by atoms with E-state index in [4.69, 9.17) is 15.3 Å². The maximum atomic E-state index is 5.61. The summed E-state index contributed by atoms with van der Waals surface area (Å²) in [4.78, 5) is 8.41. The molecular formula is C14H18N4O2. The van der Waals surface area contributed by atoms with Gasteiger partial charge in [0.25, 0.3) is 0 Å². The molecule has 0 aliphatic heterocycles. The number of nitrogens with zero attached hydrogens (tertiary/aromatic N) is 2. The highest BCUT2D eigenvalue weighted by Gasteiger charge is 2.09. The Morgan fingerprint density at radius 2 is 1.75 bits per heavy atom. The van der Waals surface area contributed by atoms with Crippen LogP contribution in [0, 0.1) is 13.8 Å². The molecule has 0 atom stereocenters. The molecule has 0 bridgehead atoms. The van der Waals surface area contributed by atoms with Gasteiger partial charge < -0.3 is 14.9 Å². The number of hydrogen-bond donors (Lipinski definition) is 2. The van der Waals surface area contributed by atoms with E-state index >= 15 is 0 Å². The van der Waals surface area contributed by atoms with Gasteiger partial charge in [-0.3, -0.25) is 0 Å². The van der Waals surface area contributed by atoms with E-state index in [1.54, 1.807) is 6.92 Å². The summed E-state index contributed by atoms with van der Waals surface area (Å²) in [6.45, 7) is 4.48. The minimum Gasteiger partial charge on any atom is -0.490 e. The van der Waals surface area contributed by atoms with E-state index in [1.807, 2.05) is 37.3 Å². The van der Waals surface area contributed by atoms with E-state index in [-0.39, 0.29) is 0 Å². The molecule has 0 spiro atoms. The number of nitrogens with two attached hydrogens (primary N) is 1. The molecule has 0 aliphatic rings. The van der Waals surface area contributed by atoms with Crippen LogP contribution in [0.2, 0.25) is 0 Å². The maximum Gasteiger partial charge on any atom is 0.221 e. The molecule has 0 fully saturated rings. The van der Waals surface area contributed by atoms with Gasteiger partial charge in [0.05, 0.1) is 5.56 Å². The number of aromatic nitrogens is 2. The van der Waals surface area contributed by atoms with Crippen molar-refractivity contribution < 1.29 is 9.47 Å². The van der Waals surface area contributed by atoms with E-state index in [0.29, 0.717) is 30.7 Å². The molecule has 3 N–H and O–H groups in total. The van der Waals surface area contributed by atoms with E-state index < -0.39 is 0 Å². The summed E-state index contributed by atoms with van der Waals surface area (Å²) in [5.41, 5.74) is 3.31. The Labute approximate surface area is 117 Å². The van der Waals surface area contributed by atoms with Crippen molar-refractivity contribution in [3.63, 3.8) is 0 Å². The maximum absolute atomic E-state index is 5.61. The minimum atomic E-state index is 0.399. The standard InChI is InChI=1S/C14H18N4O2/c1-10-13(18-15)16-11(2)17-14(10)20-9-8-19-12-6-4-3-5-7-12/h3-7H,8-9,15H2,1-2H3,(H,16,17,18). The first-order chi connectivity index (χ1) is 9.70. The summed E-state index contributed by atoms with van der Waals surface area (Å²) in [6, 6.07) is 9.59. The quantitative estimate of drug-likeness (QED) is 0.475. The first-order valence-corrected chi connectivity index (χ1v) is 6.33. The number of aryl methyl sites for hydroxylation is 1. The van der Waals surface area contributed by atoms with Crippen molar-refractivity contribution in [2.24, 2.45) is 5.84 Å². The fourth-order valence-electron chi connectivity index (χ4n) is 1.70. The first kappa shape index (κ1) is 14.1. The van der Waals surface area contributed by atoms with E-state index in [9.17, 15) is 0 Å². The zero-order valence-corrected chi connectivity index (χ0v) is 11.6. The average molecular weight is 274 g/mol. The normalized spacial score (nSPS) is 10.2. The predicted octanol–water partition coefficient (Wildman–Crippen LogP) is 1.84. The van der Waals surface area contributed by atoms with Gasteiger partial charge in [-0.05, 0) is 26.0 Å². The summed E-state index contributed by atoms with van der Waals surface area (Å²) in [6.07, 6.45) is 0. The van der Waals surface area contributed by atoms with Crippen LogP contribution in [0.15, 0.2) is 30.3 Å². The molecule has 2 rings (SSSR count). The largest absolute Gasteiger partial charge is 0.490 e.